The van der Waals surface area contributed by atoms with E-state index in [2.05, 4.69) is 61.2 Å². The van der Waals surface area contributed by atoms with E-state index in [0.717, 1.165) is 24.0 Å². The summed E-state index contributed by atoms with van der Waals surface area (Å²) in [6.45, 7) is 12.9. The van der Waals surface area contributed by atoms with Gasteiger partial charge in [-0.05, 0) is 66.7 Å². The Kier molecular flexibility index (Phi) is 14.1. The average molecular weight is 727 g/mol. The molecule has 1 fully saturated rings. The molecule has 14 nitrogen and oxygen atoms in total. The van der Waals surface area contributed by atoms with E-state index < -0.39 is 24.3 Å². The molecular weight excluding hydrogens is 676 g/mol. The number of aromatic amines is 2. The predicted molar refractivity (Wildman–Crippen MR) is 198 cm³/mol. The number of rotatable bonds is 11. The maximum absolute atomic E-state index is 13.5. The number of aromatic nitrogens is 4. The van der Waals surface area contributed by atoms with Crippen LogP contribution in [0.5, 0.6) is 0 Å². The molecule has 3 heterocycles. The number of hydrogen-bond donors (Lipinski definition) is 4. The van der Waals surface area contributed by atoms with Gasteiger partial charge in [0.15, 0.2) is 0 Å². The summed E-state index contributed by atoms with van der Waals surface area (Å²) in [5, 5.41) is 5.32. The van der Waals surface area contributed by atoms with Crippen LogP contribution in [0, 0.1) is 41.4 Å². The van der Waals surface area contributed by atoms with Gasteiger partial charge in [-0.1, -0.05) is 53.4 Å². The lowest BCUT2D eigenvalue weighted by atomic mass is 10.0. The lowest BCUT2D eigenvalue weighted by Gasteiger charge is -2.30. The van der Waals surface area contributed by atoms with Crippen molar-refractivity contribution in [3.8, 4) is 23.7 Å². The fourth-order valence-electron chi connectivity index (χ4n) is 6.03. The molecule has 0 spiro atoms. The van der Waals surface area contributed by atoms with Gasteiger partial charge in [-0.2, -0.15) is 0 Å². The number of methoxy groups -OCH3 is 2. The van der Waals surface area contributed by atoms with Gasteiger partial charge < -0.3 is 39.9 Å². The number of hydrogen-bond acceptors (Lipinski definition) is 8. The summed E-state index contributed by atoms with van der Waals surface area (Å²) in [7, 11) is 2.54. The maximum atomic E-state index is 13.5. The highest BCUT2D eigenvalue weighted by Gasteiger charge is 2.40. The van der Waals surface area contributed by atoms with E-state index in [-0.39, 0.29) is 42.2 Å². The van der Waals surface area contributed by atoms with Crippen molar-refractivity contribution in [2.75, 3.05) is 27.3 Å². The minimum atomic E-state index is -0.723. The van der Waals surface area contributed by atoms with Crippen molar-refractivity contribution in [1.29, 1.82) is 0 Å². The van der Waals surface area contributed by atoms with Crippen molar-refractivity contribution in [2.45, 2.75) is 79.1 Å². The van der Waals surface area contributed by atoms with Crippen LogP contribution in [-0.4, -0.2) is 93.1 Å². The third-order valence-electron chi connectivity index (χ3n) is 8.83. The van der Waals surface area contributed by atoms with Crippen LogP contribution >= 0.6 is 0 Å². The van der Waals surface area contributed by atoms with E-state index in [1.165, 1.54) is 14.2 Å². The van der Waals surface area contributed by atoms with Crippen LogP contribution in [0.1, 0.15) is 94.6 Å². The van der Waals surface area contributed by atoms with E-state index in [1.54, 1.807) is 22.2 Å². The monoisotopic (exact) mass is 726 g/mol. The Labute approximate surface area is 311 Å². The highest BCUT2D eigenvalue weighted by atomic mass is 16.5. The van der Waals surface area contributed by atoms with Crippen LogP contribution in [0.2, 0.25) is 0 Å². The molecule has 2 aromatic heterocycles. The van der Waals surface area contributed by atoms with Crippen LogP contribution in [0.4, 0.5) is 9.59 Å². The normalized spacial score (nSPS) is 16.2. The van der Waals surface area contributed by atoms with Crippen LogP contribution < -0.4 is 10.6 Å². The SMILES string of the molecule is CCCN(Cc1ncc(C#Cc2ccc(C#Cc3cnc(C4CC(C)CN4C(=O)C(NC(=O)OC)C(C)C)[nH]3)cc2)[nH]1)C(=O)[C@@H](NC(=O)OC)C(C)C. The Hall–Kier alpha value is -5.76. The quantitative estimate of drug-likeness (QED) is 0.211. The molecule has 0 bridgehead atoms. The van der Waals surface area contributed by atoms with Crippen molar-refractivity contribution < 1.29 is 28.7 Å². The summed E-state index contributed by atoms with van der Waals surface area (Å²) in [4.78, 5) is 69.5. The highest BCUT2D eigenvalue weighted by molar-refractivity contribution is 5.87. The number of H-pyrrole nitrogens is 2. The van der Waals surface area contributed by atoms with E-state index in [1.807, 2.05) is 58.9 Å². The van der Waals surface area contributed by atoms with Crippen LogP contribution in [0.25, 0.3) is 0 Å². The standard InChI is InChI=1S/C39H50N8O6/c1-9-18-46(36(48)33(24(2)3)44-38(50)52-7)23-32-40-20-29(42-32)16-14-27-10-12-28(13-11-27)15-17-30-21-41-35(43-30)31-19-26(6)22-47(31)37(49)34(25(4)5)45-39(51)53-8/h10-13,20-21,24-26,31,33-34H,9,18-19,22-23H2,1-8H3,(H,40,42)(H,41,43)(H,44,50)(H,45,51)/t26?,31?,33-,34?/m0/s1. The number of carbonyl (C=O) groups excluding carboxylic acids is 4. The van der Waals surface area contributed by atoms with E-state index in [4.69, 9.17) is 9.47 Å². The van der Waals surface area contributed by atoms with Gasteiger partial charge >= 0.3 is 12.2 Å². The van der Waals surface area contributed by atoms with Gasteiger partial charge in [-0.25, -0.2) is 19.6 Å². The second kappa shape index (κ2) is 18.6. The highest BCUT2D eigenvalue weighted by Crippen LogP contribution is 2.34. The Balaban J connectivity index is 1.39. The van der Waals surface area contributed by atoms with Gasteiger partial charge in [0.25, 0.3) is 0 Å². The molecule has 1 saturated heterocycles. The molecule has 0 aliphatic carbocycles. The number of amides is 4. The number of ether oxygens (including phenoxy) is 2. The van der Waals surface area contributed by atoms with Gasteiger partial charge in [0.1, 0.15) is 35.1 Å². The number of nitrogens with zero attached hydrogens (tertiary/aromatic N) is 4. The molecule has 0 saturated carbocycles. The first kappa shape index (κ1) is 40.0. The molecule has 0 radical (unpaired) electrons. The summed E-state index contributed by atoms with van der Waals surface area (Å²) in [6.07, 6.45) is 3.48. The van der Waals surface area contributed by atoms with E-state index in [0.29, 0.717) is 36.1 Å². The van der Waals surface area contributed by atoms with E-state index in [9.17, 15) is 19.2 Å². The molecule has 4 amide bonds. The van der Waals surface area contributed by atoms with Crippen LogP contribution in [0.15, 0.2) is 36.7 Å². The van der Waals surface area contributed by atoms with Crippen LogP contribution in [-0.2, 0) is 25.6 Å². The van der Waals surface area contributed by atoms with Crippen molar-refractivity contribution in [2.24, 2.45) is 17.8 Å². The van der Waals surface area contributed by atoms with Gasteiger partial charge in [0, 0.05) is 24.2 Å². The van der Waals surface area contributed by atoms with Crippen LogP contribution in [0.3, 0.4) is 0 Å². The summed E-state index contributed by atoms with van der Waals surface area (Å²) in [5.41, 5.74) is 2.80. The third-order valence-corrected chi connectivity index (χ3v) is 8.83. The molecule has 282 valence electrons. The molecular formula is C39H50N8O6. The maximum Gasteiger partial charge on any atom is 0.407 e. The van der Waals surface area contributed by atoms with Gasteiger partial charge in [-0.3, -0.25) is 9.59 Å². The minimum absolute atomic E-state index is 0.125. The molecule has 1 aliphatic rings. The molecule has 4 rings (SSSR count). The first-order chi connectivity index (χ1) is 25.3. The largest absolute Gasteiger partial charge is 0.453 e. The Morgan fingerprint density at radius 2 is 1.42 bits per heavy atom. The average Bonchev–Trinajstić information content (AvgIpc) is 3.90. The second-order valence-corrected chi connectivity index (χ2v) is 13.8. The summed E-state index contributed by atoms with van der Waals surface area (Å²) in [5.74, 6) is 13.4. The molecule has 3 aromatic rings. The summed E-state index contributed by atoms with van der Waals surface area (Å²) < 4.78 is 9.44. The Morgan fingerprint density at radius 3 is 1.96 bits per heavy atom. The van der Waals surface area contributed by atoms with Gasteiger partial charge in [-0.15, -0.1) is 0 Å². The molecule has 4 N–H and O–H groups in total. The first-order valence-electron chi connectivity index (χ1n) is 17.8. The first-order valence-corrected chi connectivity index (χ1v) is 17.8. The van der Waals surface area contributed by atoms with Crippen molar-refractivity contribution in [3.63, 3.8) is 0 Å². The molecule has 14 heteroatoms. The predicted octanol–water partition coefficient (Wildman–Crippen LogP) is 4.34. The zero-order valence-corrected chi connectivity index (χ0v) is 31.7. The van der Waals surface area contributed by atoms with Crippen molar-refractivity contribution >= 4 is 24.0 Å². The Morgan fingerprint density at radius 1 is 0.868 bits per heavy atom. The number of benzene rings is 1. The van der Waals surface area contributed by atoms with Crippen molar-refractivity contribution in [3.05, 3.63) is 70.8 Å². The summed E-state index contributed by atoms with van der Waals surface area (Å²) in [6, 6.07) is 5.83. The Bertz CT molecular complexity index is 1860. The third kappa shape index (κ3) is 10.9. The minimum Gasteiger partial charge on any atom is -0.453 e. The summed E-state index contributed by atoms with van der Waals surface area (Å²) >= 11 is 0. The number of alkyl carbamates (subject to hydrolysis) is 2. The van der Waals surface area contributed by atoms with Gasteiger partial charge in [0.2, 0.25) is 11.8 Å². The number of likely N-dealkylation sites (tertiary alicyclic amines) is 1. The topological polar surface area (TPSA) is 175 Å². The molecule has 53 heavy (non-hydrogen) atoms. The smallest absolute Gasteiger partial charge is 0.407 e. The van der Waals surface area contributed by atoms with Crippen molar-refractivity contribution in [1.82, 2.24) is 40.4 Å². The fourth-order valence-corrected chi connectivity index (χ4v) is 6.03. The molecule has 3 unspecified atom stereocenters. The van der Waals surface area contributed by atoms with Gasteiger partial charge in [0.05, 0.1) is 39.2 Å². The number of nitrogens with one attached hydrogen (secondary N) is 4. The van der Waals surface area contributed by atoms with E-state index >= 15 is 0 Å². The second-order valence-electron chi connectivity index (χ2n) is 13.8. The zero-order valence-electron chi connectivity index (χ0n) is 31.7. The number of imidazole rings is 2. The molecule has 1 aliphatic heterocycles. The lowest BCUT2D eigenvalue weighted by molar-refractivity contribution is -0.136. The molecule has 1 aromatic carbocycles. The molecule has 4 atom stereocenters. The lowest BCUT2D eigenvalue weighted by Crippen LogP contribution is -2.51. The zero-order chi connectivity index (χ0) is 38.7. The fraction of sp³-hybridized carbons (Fsp3) is 0.487. The number of carbonyl (C=O) groups is 4.